The van der Waals surface area contributed by atoms with E-state index in [4.69, 9.17) is 23.2 Å². The summed E-state index contributed by atoms with van der Waals surface area (Å²) in [6, 6.07) is 12.8. The molecule has 1 N–H and O–H groups in total. The molecule has 0 heterocycles. The minimum atomic E-state index is -0.507. The smallest absolute Gasteiger partial charge is 0.242 e. The van der Waals surface area contributed by atoms with Crippen LogP contribution in [0, 0.1) is 6.92 Å². The van der Waals surface area contributed by atoms with Crippen molar-refractivity contribution >= 4 is 46.8 Å². The molecular formula is C22H26Cl2N2O2S. The van der Waals surface area contributed by atoms with Crippen molar-refractivity contribution < 1.29 is 9.59 Å². The molecule has 0 radical (unpaired) electrons. The summed E-state index contributed by atoms with van der Waals surface area (Å²) in [6.07, 6.45) is 0.547. The van der Waals surface area contributed by atoms with E-state index in [2.05, 4.69) is 5.32 Å². The van der Waals surface area contributed by atoms with E-state index in [1.54, 1.807) is 24.1 Å². The van der Waals surface area contributed by atoms with E-state index in [0.29, 0.717) is 28.8 Å². The van der Waals surface area contributed by atoms with Crippen molar-refractivity contribution in [2.75, 3.05) is 12.8 Å². The zero-order valence-electron chi connectivity index (χ0n) is 16.9. The Hall–Kier alpha value is -1.69. The Labute approximate surface area is 187 Å². The van der Waals surface area contributed by atoms with E-state index >= 15 is 0 Å². The first kappa shape index (κ1) is 23.6. The third kappa shape index (κ3) is 6.95. The van der Waals surface area contributed by atoms with Gasteiger partial charge in [-0.3, -0.25) is 9.59 Å². The number of nitrogens with one attached hydrogen (secondary N) is 1. The van der Waals surface area contributed by atoms with Gasteiger partial charge in [-0.2, -0.15) is 0 Å². The van der Waals surface area contributed by atoms with Gasteiger partial charge in [-0.15, -0.1) is 11.8 Å². The number of hydrogen-bond donors (Lipinski definition) is 1. The van der Waals surface area contributed by atoms with Gasteiger partial charge in [0.1, 0.15) is 6.04 Å². The second-order valence-corrected chi connectivity index (χ2v) is 8.61. The molecule has 2 aromatic carbocycles. The molecule has 0 aliphatic carbocycles. The third-order valence-electron chi connectivity index (χ3n) is 4.57. The Morgan fingerprint density at radius 2 is 1.93 bits per heavy atom. The van der Waals surface area contributed by atoms with Gasteiger partial charge in [0.15, 0.2) is 0 Å². The maximum atomic E-state index is 13.1. The molecule has 2 rings (SSSR count). The summed E-state index contributed by atoms with van der Waals surface area (Å²) in [5, 5.41) is 3.85. The molecule has 0 aromatic heterocycles. The lowest BCUT2D eigenvalue weighted by Crippen LogP contribution is -2.48. The number of amides is 2. The Kier molecular flexibility index (Phi) is 9.34. The van der Waals surface area contributed by atoms with Crippen LogP contribution in [0.2, 0.25) is 10.0 Å². The highest BCUT2D eigenvalue weighted by molar-refractivity contribution is 7.99. The number of thioether (sulfide) groups is 1. The van der Waals surface area contributed by atoms with Crippen molar-refractivity contribution in [3.8, 4) is 0 Å². The highest BCUT2D eigenvalue weighted by Crippen LogP contribution is 2.25. The predicted molar refractivity (Wildman–Crippen MR) is 122 cm³/mol. The van der Waals surface area contributed by atoms with Gasteiger partial charge in [-0.25, -0.2) is 0 Å². The SMILES string of the molecule is CCC(C(=O)NC)N(Cc1cccc(C)c1)C(=O)CSCc1ccc(Cl)cc1Cl. The van der Waals surface area contributed by atoms with Crippen LogP contribution in [0.1, 0.15) is 30.0 Å². The van der Waals surface area contributed by atoms with Crippen LogP contribution in [0.5, 0.6) is 0 Å². The number of carbonyl (C=O) groups excluding carboxylic acids is 2. The number of nitrogens with zero attached hydrogens (tertiary/aromatic N) is 1. The molecule has 0 aliphatic rings. The standard InChI is InChI=1S/C22H26Cl2N2O2S/c1-4-20(22(28)25-3)26(12-16-7-5-6-15(2)10-16)21(27)14-29-13-17-8-9-18(23)11-19(17)24/h5-11,20H,4,12-14H2,1-3H3,(H,25,28). The largest absolute Gasteiger partial charge is 0.357 e. The molecule has 29 heavy (non-hydrogen) atoms. The highest BCUT2D eigenvalue weighted by atomic mass is 35.5. The summed E-state index contributed by atoms with van der Waals surface area (Å²) in [5.74, 6) is 0.631. The molecular weight excluding hydrogens is 427 g/mol. The summed E-state index contributed by atoms with van der Waals surface area (Å²) in [4.78, 5) is 27.1. The second kappa shape index (κ2) is 11.5. The summed E-state index contributed by atoms with van der Waals surface area (Å²) in [7, 11) is 1.59. The summed E-state index contributed by atoms with van der Waals surface area (Å²) in [5.41, 5.74) is 3.05. The summed E-state index contributed by atoms with van der Waals surface area (Å²) < 4.78 is 0. The zero-order valence-corrected chi connectivity index (χ0v) is 19.2. The van der Waals surface area contributed by atoms with Gasteiger partial charge in [0, 0.05) is 29.4 Å². The van der Waals surface area contributed by atoms with E-state index < -0.39 is 6.04 Å². The molecule has 0 fully saturated rings. The van der Waals surface area contributed by atoms with Crippen molar-refractivity contribution in [3.63, 3.8) is 0 Å². The first-order valence-electron chi connectivity index (χ1n) is 9.44. The van der Waals surface area contributed by atoms with Crippen molar-refractivity contribution in [1.29, 1.82) is 0 Å². The van der Waals surface area contributed by atoms with Gasteiger partial charge in [0.2, 0.25) is 11.8 Å². The predicted octanol–water partition coefficient (Wildman–Crippen LogP) is 5.09. The van der Waals surface area contributed by atoms with Gasteiger partial charge in [0.05, 0.1) is 5.75 Å². The van der Waals surface area contributed by atoms with Crippen molar-refractivity contribution in [2.24, 2.45) is 0 Å². The van der Waals surface area contributed by atoms with Gasteiger partial charge >= 0.3 is 0 Å². The lowest BCUT2D eigenvalue weighted by atomic mass is 10.1. The first-order valence-corrected chi connectivity index (χ1v) is 11.3. The van der Waals surface area contributed by atoms with Crippen molar-refractivity contribution in [3.05, 3.63) is 69.2 Å². The third-order valence-corrected chi connectivity index (χ3v) is 6.12. The molecule has 0 aliphatic heterocycles. The fourth-order valence-corrected chi connectivity index (χ4v) is 4.53. The van der Waals surface area contributed by atoms with Crippen LogP contribution in [-0.2, 0) is 21.9 Å². The number of hydrogen-bond acceptors (Lipinski definition) is 3. The van der Waals surface area contributed by atoms with Crippen LogP contribution in [0.4, 0.5) is 0 Å². The van der Waals surface area contributed by atoms with Crippen LogP contribution in [-0.4, -0.2) is 35.6 Å². The fourth-order valence-electron chi connectivity index (χ4n) is 3.06. The zero-order chi connectivity index (χ0) is 21.4. The maximum Gasteiger partial charge on any atom is 0.242 e. The Balaban J connectivity index is 2.11. The topological polar surface area (TPSA) is 49.4 Å². The fraction of sp³-hybridized carbons (Fsp3) is 0.364. The molecule has 156 valence electrons. The molecule has 0 spiro atoms. The number of likely N-dealkylation sites (N-methyl/N-ethyl adjacent to an activating group) is 1. The van der Waals surface area contributed by atoms with Crippen molar-refractivity contribution in [2.45, 2.75) is 38.6 Å². The molecule has 7 heteroatoms. The number of carbonyl (C=O) groups is 2. The molecule has 2 amide bonds. The number of halogens is 2. The van der Waals surface area contributed by atoms with E-state index in [1.165, 1.54) is 11.8 Å². The molecule has 0 bridgehead atoms. The lowest BCUT2D eigenvalue weighted by Gasteiger charge is -2.30. The average molecular weight is 453 g/mol. The van der Waals surface area contributed by atoms with Gasteiger partial charge in [-0.05, 0) is 36.6 Å². The van der Waals surface area contributed by atoms with Crippen LogP contribution in [0.25, 0.3) is 0 Å². The Morgan fingerprint density at radius 3 is 2.55 bits per heavy atom. The van der Waals surface area contributed by atoms with Gasteiger partial charge < -0.3 is 10.2 Å². The molecule has 2 aromatic rings. The normalized spacial score (nSPS) is 11.8. The minimum absolute atomic E-state index is 0.0722. The summed E-state index contributed by atoms with van der Waals surface area (Å²) in [6.45, 7) is 4.32. The highest BCUT2D eigenvalue weighted by Gasteiger charge is 2.27. The maximum absolute atomic E-state index is 13.1. The van der Waals surface area contributed by atoms with E-state index in [9.17, 15) is 9.59 Å². The van der Waals surface area contributed by atoms with E-state index in [-0.39, 0.29) is 17.6 Å². The number of aryl methyl sites for hydroxylation is 1. The van der Waals surface area contributed by atoms with Crippen LogP contribution in [0.3, 0.4) is 0 Å². The monoisotopic (exact) mass is 452 g/mol. The second-order valence-electron chi connectivity index (χ2n) is 6.78. The Bertz CT molecular complexity index is 860. The van der Waals surface area contributed by atoms with E-state index in [1.807, 2.05) is 44.2 Å². The molecule has 1 unspecified atom stereocenters. The van der Waals surface area contributed by atoms with Gasteiger partial charge in [0.25, 0.3) is 0 Å². The van der Waals surface area contributed by atoms with E-state index in [0.717, 1.165) is 16.7 Å². The van der Waals surface area contributed by atoms with Crippen molar-refractivity contribution in [1.82, 2.24) is 10.2 Å². The van der Waals surface area contributed by atoms with Crippen LogP contribution >= 0.6 is 35.0 Å². The molecule has 4 nitrogen and oxygen atoms in total. The first-order chi connectivity index (χ1) is 13.8. The number of benzene rings is 2. The molecule has 0 saturated heterocycles. The minimum Gasteiger partial charge on any atom is -0.357 e. The van der Waals surface area contributed by atoms with Gasteiger partial charge in [-0.1, -0.05) is 66.0 Å². The molecule has 0 saturated carbocycles. The lowest BCUT2D eigenvalue weighted by molar-refractivity contribution is -0.139. The average Bonchev–Trinajstić information content (AvgIpc) is 2.69. The van der Waals surface area contributed by atoms with Crippen LogP contribution in [0.15, 0.2) is 42.5 Å². The quantitative estimate of drug-likeness (QED) is 0.576. The summed E-state index contributed by atoms with van der Waals surface area (Å²) >= 11 is 13.6. The van der Waals surface area contributed by atoms with Crippen LogP contribution < -0.4 is 5.32 Å². The number of rotatable bonds is 9. The molecule has 1 atom stereocenters. The Morgan fingerprint density at radius 1 is 1.17 bits per heavy atom.